The van der Waals surface area contributed by atoms with E-state index in [1.165, 1.54) is 6.33 Å². The van der Waals surface area contributed by atoms with Crippen molar-refractivity contribution in [3.05, 3.63) is 17.6 Å². The highest BCUT2D eigenvalue weighted by Gasteiger charge is 2.15. The monoisotopic (exact) mass is 225 g/mol. The van der Waals surface area contributed by atoms with Crippen LogP contribution in [-0.4, -0.2) is 33.3 Å². The molecule has 0 aliphatic carbocycles. The number of thioether (sulfide) groups is 1. The lowest BCUT2D eigenvalue weighted by Crippen LogP contribution is -2.17. The van der Waals surface area contributed by atoms with Crippen molar-refractivity contribution in [1.29, 1.82) is 0 Å². The Bertz CT molecular complexity index is 384. The summed E-state index contributed by atoms with van der Waals surface area (Å²) in [6, 6.07) is 0. The predicted octanol–water partition coefficient (Wildman–Crippen LogP) is 0.762. The maximum Gasteiger partial charge on any atom is 0.322 e. The van der Waals surface area contributed by atoms with Crippen molar-refractivity contribution in [3.8, 4) is 0 Å². The summed E-state index contributed by atoms with van der Waals surface area (Å²) in [6.07, 6.45) is 2.42. The summed E-state index contributed by atoms with van der Waals surface area (Å²) in [4.78, 5) is 18.7. The van der Waals surface area contributed by atoms with Crippen LogP contribution in [0.25, 0.3) is 0 Å². The van der Waals surface area contributed by atoms with Crippen LogP contribution in [0.5, 0.6) is 0 Å². The average Bonchev–Trinajstić information content (AvgIpc) is 2.26. The fourth-order valence-electron chi connectivity index (χ4n) is 1.47. The Balaban J connectivity index is 2.19. The molecule has 2 N–H and O–H groups in total. The first-order valence-electron chi connectivity index (χ1n) is 4.63. The number of anilines is 1. The number of carbonyl (C=O) groups is 1. The molecule has 0 saturated heterocycles. The zero-order chi connectivity index (χ0) is 10.7. The Morgan fingerprint density at radius 1 is 1.60 bits per heavy atom. The van der Waals surface area contributed by atoms with Crippen molar-refractivity contribution in [2.24, 2.45) is 0 Å². The number of hydrogen-bond acceptors (Lipinski definition) is 5. The van der Waals surface area contributed by atoms with E-state index in [2.05, 4.69) is 15.3 Å². The first kappa shape index (κ1) is 10.2. The van der Waals surface area contributed by atoms with Crippen LogP contribution in [0.3, 0.4) is 0 Å². The second-order valence-electron chi connectivity index (χ2n) is 3.20. The minimum absolute atomic E-state index is 0.103. The van der Waals surface area contributed by atoms with Crippen molar-refractivity contribution in [3.63, 3.8) is 0 Å². The molecule has 0 amide bonds. The molecule has 0 saturated carbocycles. The molecule has 5 nitrogen and oxygen atoms in total. The number of carboxylic acids is 1. The van der Waals surface area contributed by atoms with E-state index in [0.29, 0.717) is 5.82 Å². The van der Waals surface area contributed by atoms with Crippen molar-refractivity contribution in [2.75, 3.05) is 17.6 Å². The minimum atomic E-state index is -0.883. The van der Waals surface area contributed by atoms with Crippen molar-refractivity contribution in [2.45, 2.75) is 12.2 Å². The SMILES string of the molecule is O=C(O)CNc1ncnc2c1CSCC2. The zero-order valence-corrected chi connectivity index (χ0v) is 8.88. The number of nitrogens with one attached hydrogen (secondary N) is 1. The normalized spacial score (nSPS) is 14.4. The van der Waals surface area contributed by atoms with Gasteiger partial charge in [0.1, 0.15) is 18.7 Å². The van der Waals surface area contributed by atoms with Crippen molar-refractivity contribution in [1.82, 2.24) is 9.97 Å². The zero-order valence-electron chi connectivity index (χ0n) is 8.06. The highest BCUT2D eigenvalue weighted by atomic mass is 32.2. The van der Waals surface area contributed by atoms with E-state index in [-0.39, 0.29) is 6.54 Å². The standard InChI is InChI=1S/C9H11N3O2S/c13-8(14)3-10-9-6-4-15-2-1-7(6)11-5-12-9/h5H,1-4H2,(H,13,14)(H,10,11,12). The topological polar surface area (TPSA) is 75.1 Å². The van der Waals surface area contributed by atoms with Gasteiger partial charge in [0.2, 0.25) is 0 Å². The van der Waals surface area contributed by atoms with Gasteiger partial charge in [0.25, 0.3) is 0 Å². The second-order valence-corrected chi connectivity index (χ2v) is 4.30. The summed E-state index contributed by atoms with van der Waals surface area (Å²) in [7, 11) is 0. The molecule has 80 valence electrons. The first-order valence-corrected chi connectivity index (χ1v) is 5.79. The van der Waals surface area contributed by atoms with Crippen LogP contribution in [0.4, 0.5) is 5.82 Å². The Morgan fingerprint density at radius 2 is 2.47 bits per heavy atom. The number of carboxylic acid groups (broad SMARTS) is 1. The third kappa shape index (κ3) is 2.38. The number of aliphatic carboxylic acids is 1. The molecule has 2 rings (SSSR count). The van der Waals surface area contributed by atoms with Gasteiger partial charge >= 0.3 is 5.97 Å². The number of aryl methyl sites for hydroxylation is 1. The highest BCUT2D eigenvalue weighted by Crippen LogP contribution is 2.27. The van der Waals surface area contributed by atoms with Gasteiger partial charge in [0.15, 0.2) is 0 Å². The average molecular weight is 225 g/mol. The molecule has 15 heavy (non-hydrogen) atoms. The molecule has 1 aliphatic rings. The van der Waals surface area contributed by atoms with Gasteiger partial charge in [-0.05, 0) is 12.2 Å². The van der Waals surface area contributed by atoms with Gasteiger partial charge in [0.05, 0.1) is 5.69 Å². The van der Waals surface area contributed by atoms with E-state index in [9.17, 15) is 4.79 Å². The summed E-state index contributed by atoms with van der Waals surface area (Å²) in [5.41, 5.74) is 2.09. The Kier molecular flexibility index (Phi) is 3.05. The lowest BCUT2D eigenvalue weighted by molar-refractivity contribution is -0.134. The van der Waals surface area contributed by atoms with Crippen LogP contribution in [0.2, 0.25) is 0 Å². The van der Waals surface area contributed by atoms with Gasteiger partial charge in [-0.3, -0.25) is 4.79 Å². The smallest absolute Gasteiger partial charge is 0.322 e. The van der Waals surface area contributed by atoms with Crippen LogP contribution in [0.1, 0.15) is 11.3 Å². The number of rotatable bonds is 3. The van der Waals surface area contributed by atoms with Gasteiger partial charge in [0, 0.05) is 11.3 Å². The largest absolute Gasteiger partial charge is 0.480 e. The molecule has 0 bridgehead atoms. The summed E-state index contributed by atoms with van der Waals surface area (Å²) in [6.45, 7) is -0.103. The highest BCUT2D eigenvalue weighted by molar-refractivity contribution is 7.98. The maximum absolute atomic E-state index is 10.4. The molecule has 2 heterocycles. The fourth-order valence-corrected chi connectivity index (χ4v) is 2.46. The van der Waals surface area contributed by atoms with E-state index in [1.807, 2.05) is 11.8 Å². The lowest BCUT2D eigenvalue weighted by Gasteiger charge is -2.17. The quantitative estimate of drug-likeness (QED) is 0.791. The molecule has 1 aromatic rings. The molecular weight excluding hydrogens is 214 g/mol. The Labute approximate surface area is 91.3 Å². The molecule has 1 aromatic heterocycles. The summed E-state index contributed by atoms with van der Waals surface area (Å²) >= 11 is 1.82. The molecule has 0 radical (unpaired) electrons. The number of nitrogens with zero attached hydrogens (tertiary/aromatic N) is 2. The molecule has 0 unspecified atom stereocenters. The van der Waals surface area contributed by atoms with Gasteiger partial charge < -0.3 is 10.4 Å². The molecule has 6 heteroatoms. The van der Waals surface area contributed by atoms with Crippen LogP contribution in [0, 0.1) is 0 Å². The van der Waals surface area contributed by atoms with Crippen molar-refractivity contribution < 1.29 is 9.90 Å². The van der Waals surface area contributed by atoms with Crippen LogP contribution < -0.4 is 5.32 Å². The fraction of sp³-hybridized carbons (Fsp3) is 0.444. The Morgan fingerprint density at radius 3 is 3.27 bits per heavy atom. The third-order valence-electron chi connectivity index (χ3n) is 2.17. The predicted molar refractivity (Wildman–Crippen MR) is 58.0 cm³/mol. The first-order chi connectivity index (χ1) is 7.27. The second kappa shape index (κ2) is 4.48. The Hall–Kier alpha value is -1.30. The van der Waals surface area contributed by atoms with E-state index in [0.717, 1.165) is 29.2 Å². The van der Waals surface area contributed by atoms with E-state index in [4.69, 9.17) is 5.11 Å². The summed E-state index contributed by atoms with van der Waals surface area (Å²) in [5.74, 6) is 1.71. The summed E-state index contributed by atoms with van der Waals surface area (Å²) in [5, 5.41) is 11.4. The van der Waals surface area contributed by atoms with Crippen LogP contribution >= 0.6 is 11.8 Å². The maximum atomic E-state index is 10.4. The van der Waals surface area contributed by atoms with Gasteiger partial charge in [-0.15, -0.1) is 0 Å². The molecule has 0 spiro atoms. The third-order valence-corrected chi connectivity index (χ3v) is 3.16. The van der Waals surface area contributed by atoms with Gasteiger partial charge in [-0.2, -0.15) is 11.8 Å². The molecule has 0 atom stereocenters. The van der Waals surface area contributed by atoms with E-state index >= 15 is 0 Å². The van der Waals surface area contributed by atoms with Crippen LogP contribution in [-0.2, 0) is 17.0 Å². The van der Waals surface area contributed by atoms with E-state index in [1.54, 1.807) is 0 Å². The molecule has 1 aliphatic heterocycles. The lowest BCUT2D eigenvalue weighted by atomic mass is 10.2. The van der Waals surface area contributed by atoms with Gasteiger partial charge in [-0.25, -0.2) is 9.97 Å². The minimum Gasteiger partial charge on any atom is -0.480 e. The van der Waals surface area contributed by atoms with Crippen LogP contribution in [0.15, 0.2) is 6.33 Å². The van der Waals surface area contributed by atoms with E-state index < -0.39 is 5.97 Å². The number of hydrogen-bond donors (Lipinski definition) is 2. The molecule has 0 fully saturated rings. The van der Waals surface area contributed by atoms with Crippen molar-refractivity contribution >= 4 is 23.5 Å². The molecular formula is C9H11N3O2S. The van der Waals surface area contributed by atoms with Gasteiger partial charge in [-0.1, -0.05) is 0 Å². The molecule has 0 aromatic carbocycles. The number of aromatic nitrogens is 2. The number of fused-ring (bicyclic) bond motifs is 1. The summed E-state index contributed by atoms with van der Waals surface area (Å²) < 4.78 is 0.